The highest BCUT2D eigenvalue weighted by atomic mass is 32.2. The second kappa shape index (κ2) is 10.9. The molecule has 0 aliphatic rings. The summed E-state index contributed by atoms with van der Waals surface area (Å²) in [5.74, 6) is 2.45. The topological polar surface area (TPSA) is 111 Å². The molecule has 2 aromatic carbocycles. The lowest BCUT2D eigenvalue weighted by atomic mass is 10.2. The highest BCUT2D eigenvalue weighted by Crippen LogP contribution is 2.37. The zero-order valence-corrected chi connectivity index (χ0v) is 19.4. The van der Waals surface area contributed by atoms with Gasteiger partial charge in [0, 0.05) is 34.0 Å². The van der Waals surface area contributed by atoms with E-state index in [-0.39, 0.29) is 13.3 Å². The van der Waals surface area contributed by atoms with Crippen LogP contribution in [0.1, 0.15) is 33.0 Å². The Morgan fingerprint density at radius 1 is 1.03 bits per heavy atom. The first-order valence-electron chi connectivity index (χ1n) is 10.2. The highest BCUT2D eigenvalue weighted by molar-refractivity contribution is 7.99. The van der Waals surface area contributed by atoms with Crippen molar-refractivity contribution in [2.75, 3.05) is 24.9 Å². The number of carbonyl (C=O) groups excluding carboxylic acids is 1. The Morgan fingerprint density at radius 2 is 1.79 bits per heavy atom. The summed E-state index contributed by atoms with van der Waals surface area (Å²) < 4.78 is 16.0. The molecule has 0 saturated heterocycles. The van der Waals surface area contributed by atoms with Crippen LogP contribution >= 0.6 is 11.8 Å². The van der Waals surface area contributed by atoms with Crippen LogP contribution in [0.4, 0.5) is 16.3 Å². The molecule has 2 N–H and O–H groups in total. The number of hydrogen-bond donors (Lipinski definition) is 2. The fraction of sp³-hybridized carbons (Fsp3) is 0.250. The molecule has 0 saturated carbocycles. The number of hydrogen-bond acceptors (Lipinski definition) is 8. The highest BCUT2D eigenvalue weighted by Gasteiger charge is 2.13. The molecule has 4 rings (SSSR count). The SMILES string of the molecule is C.COc1cc2ncnc(Sc3cccc(NC(=O)Nc4cc(C(C)C)on4)c3)c2cc1OC. The molecule has 2 aromatic heterocycles. The molecule has 0 aliphatic carbocycles. The van der Waals surface area contributed by atoms with Crippen molar-refractivity contribution in [1.82, 2.24) is 15.1 Å². The van der Waals surface area contributed by atoms with Crippen LogP contribution in [0, 0.1) is 0 Å². The second-order valence-electron chi connectivity index (χ2n) is 7.38. The molecule has 9 nitrogen and oxygen atoms in total. The van der Waals surface area contributed by atoms with E-state index in [2.05, 4.69) is 25.8 Å². The van der Waals surface area contributed by atoms with Crippen LogP contribution in [0.5, 0.6) is 11.5 Å². The Morgan fingerprint density at radius 3 is 2.50 bits per heavy atom. The number of methoxy groups -OCH3 is 2. The largest absolute Gasteiger partial charge is 0.493 e. The average molecular weight is 482 g/mol. The van der Waals surface area contributed by atoms with Gasteiger partial charge in [-0.15, -0.1) is 0 Å². The van der Waals surface area contributed by atoms with Crippen LogP contribution in [0.2, 0.25) is 0 Å². The van der Waals surface area contributed by atoms with Crippen LogP contribution in [0.15, 0.2) is 63.2 Å². The number of ether oxygens (including phenoxy) is 2. The summed E-state index contributed by atoms with van der Waals surface area (Å²) in [7, 11) is 3.17. The van der Waals surface area contributed by atoms with Crippen molar-refractivity contribution in [3.63, 3.8) is 0 Å². The third-order valence-corrected chi connectivity index (χ3v) is 5.76. The number of fused-ring (bicyclic) bond motifs is 1. The van der Waals surface area contributed by atoms with Gasteiger partial charge in [-0.25, -0.2) is 14.8 Å². The quantitative estimate of drug-likeness (QED) is 0.301. The fourth-order valence-corrected chi connectivity index (χ4v) is 4.02. The smallest absolute Gasteiger partial charge is 0.324 e. The van der Waals surface area contributed by atoms with E-state index >= 15 is 0 Å². The molecular formula is C24H27N5O4S. The molecule has 0 bridgehead atoms. The van der Waals surface area contributed by atoms with E-state index < -0.39 is 6.03 Å². The fourth-order valence-electron chi connectivity index (χ4n) is 3.09. The van der Waals surface area contributed by atoms with Crippen molar-refractivity contribution < 1.29 is 18.8 Å². The van der Waals surface area contributed by atoms with E-state index in [1.807, 2.05) is 44.2 Å². The summed E-state index contributed by atoms with van der Waals surface area (Å²) in [5.41, 5.74) is 1.37. The number of rotatable bonds is 7. The van der Waals surface area contributed by atoms with Gasteiger partial charge in [0.25, 0.3) is 0 Å². The zero-order valence-electron chi connectivity index (χ0n) is 18.6. The predicted molar refractivity (Wildman–Crippen MR) is 133 cm³/mol. The average Bonchev–Trinajstić information content (AvgIpc) is 3.27. The number of anilines is 2. The molecule has 0 aliphatic heterocycles. The summed E-state index contributed by atoms with van der Waals surface area (Å²) in [5, 5.41) is 10.9. The Hall–Kier alpha value is -3.79. The summed E-state index contributed by atoms with van der Waals surface area (Å²) >= 11 is 1.45. The third kappa shape index (κ3) is 5.57. The van der Waals surface area contributed by atoms with Gasteiger partial charge in [-0.2, -0.15) is 0 Å². The minimum absolute atomic E-state index is 0. The molecule has 4 aromatic rings. The number of urea groups is 1. The third-order valence-electron chi connectivity index (χ3n) is 4.75. The molecule has 34 heavy (non-hydrogen) atoms. The minimum Gasteiger partial charge on any atom is -0.493 e. The molecule has 178 valence electrons. The molecule has 0 unspecified atom stereocenters. The second-order valence-corrected chi connectivity index (χ2v) is 8.44. The Balaban J connectivity index is 0.00000324. The van der Waals surface area contributed by atoms with Crippen LogP contribution in [0.25, 0.3) is 10.9 Å². The van der Waals surface area contributed by atoms with E-state index in [9.17, 15) is 4.79 Å². The molecule has 0 spiro atoms. The predicted octanol–water partition coefficient (Wildman–Crippen LogP) is 6.19. The van der Waals surface area contributed by atoms with Crippen molar-refractivity contribution >= 4 is 40.2 Å². The Kier molecular flexibility index (Phi) is 7.95. The van der Waals surface area contributed by atoms with Gasteiger partial charge in [0.15, 0.2) is 17.3 Å². The van der Waals surface area contributed by atoms with E-state index in [1.54, 1.807) is 26.4 Å². The van der Waals surface area contributed by atoms with E-state index in [0.717, 1.165) is 20.8 Å². The van der Waals surface area contributed by atoms with Gasteiger partial charge in [0.05, 0.1) is 19.7 Å². The monoisotopic (exact) mass is 481 g/mol. The van der Waals surface area contributed by atoms with Gasteiger partial charge in [-0.3, -0.25) is 5.32 Å². The van der Waals surface area contributed by atoms with Crippen molar-refractivity contribution in [1.29, 1.82) is 0 Å². The number of nitrogens with one attached hydrogen (secondary N) is 2. The lowest BCUT2D eigenvalue weighted by molar-refractivity contribution is 0.262. The maximum absolute atomic E-state index is 12.4. The summed E-state index contributed by atoms with van der Waals surface area (Å²) in [4.78, 5) is 22.0. The lowest BCUT2D eigenvalue weighted by Gasteiger charge is -2.11. The first-order valence-corrected chi connectivity index (χ1v) is 11.0. The Labute approximate surface area is 202 Å². The number of benzene rings is 2. The number of carbonyl (C=O) groups is 1. The van der Waals surface area contributed by atoms with Gasteiger partial charge in [0.2, 0.25) is 0 Å². The van der Waals surface area contributed by atoms with Crippen LogP contribution in [-0.2, 0) is 0 Å². The van der Waals surface area contributed by atoms with Gasteiger partial charge in [-0.1, -0.05) is 44.3 Å². The molecule has 0 atom stereocenters. The number of nitrogens with zero attached hydrogens (tertiary/aromatic N) is 3. The minimum atomic E-state index is -0.412. The van der Waals surface area contributed by atoms with Gasteiger partial charge in [-0.05, 0) is 24.3 Å². The van der Waals surface area contributed by atoms with Crippen LogP contribution in [0.3, 0.4) is 0 Å². The zero-order chi connectivity index (χ0) is 23.4. The maximum Gasteiger partial charge on any atom is 0.324 e. The van der Waals surface area contributed by atoms with E-state index in [4.69, 9.17) is 14.0 Å². The number of aromatic nitrogens is 3. The molecule has 0 radical (unpaired) electrons. The molecule has 0 fully saturated rings. The van der Waals surface area contributed by atoms with Crippen LogP contribution < -0.4 is 20.1 Å². The standard InChI is InChI=1S/C23H23N5O4S.CH4/c1-13(2)18-11-21(28-32-18)27-23(29)26-14-6-5-7-15(8-14)33-22-16-9-19(30-3)20(31-4)10-17(16)24-12-25-22;/h5-13H,1-4H3,(H2,26,27,28,29);1H4. The van der Waals surface area contributed by atoms with Crippen LogP contribution in [-0.4, -0.2) is 35.4 Å². The van der Waals surface area contributed by atoms with Crippen molar-refractivity contribution in [3.8, 4) is 11.5 Å². The van der Waals surface area contributed by atoms with Gasteiger partial charge in [0.1, 0.15) is 17.1 Å². The van der Waals surface area contributed by atoms with Crippen molar-refractivity contribution in [2.24, 2.45) is 0 Å². The molecule has 2 amide bonds. The van der Waals surface area contributed by atoms with E-state index in [1.165, 1.54) is 18.1 Å². The molecule has 10 heteroatoms. The summed E-state index contributed by atoms with van der Waals surface area (Å²) in [6.07, 6.45) is 1.51. The summed E-state index contributed by atoms with van der Waals surface area (Å²) in [6, 6.07) is 12.4. The van der Waals surface area contributed by atoms with Gasteiger partial charge < -0.3 is 19.3 Å². The Bertz CT molecular complexity index is 1290. The normalized spacial score (nSPS) is 10.6. The van der Waals surface area contributed by atoms with E-state index in [0.29, 0.717) is 28.8 Å². The van der Waals surface area contributed by atoms with Crippen molar-refractivity contribution in [3.05, 3.63) is 54.6 Å². The maximum atomic E-state index is 12.4. The van der Waals surface area contributed by atoms with Gasteiger partial charge >= 0.3 is 6.03 Å². The van der Waals surface area contributed by atoms with Crippen molar-refractivity contribution in [2.45, 2.75) is 37.1 Å². The molecular weight excluding hydrogens is 454 g/mol. The number of amides is 2. The summed E-state index contributed by atoms with van der Waals surface area (Å²) in [6.45, 7) is 3.97. The molecule has 2 heterocycles. The first kappa shape index (κ1) is 24.8. The first-order chi connectivity index (χ1) is 16.0. The lowest BCUT2D eigenvalue weighted by Crippen LogP contribution is -2.19.